The fraction of sp³-hybridized carbons (Fsp3) is 0.562. The van der Waals surface area contributed by atoms with E-state index in [4.69, 9.17) is 4.74 Å². The second kappa shape index (κ2) is 6.20. The first-order chi connectivity index (χ1) is 9.08. The molecule has 0 bridgehead atoms. The minimum Gasteiger partial charge on any atom is -0.462 e. The molecule has 1 heterocycles. The minimum atomic E-state index is -0.157. The van der Waals surface area contributed by atoms with Crippen molar-refractivity contribution in [2.24, 2.45) is 5.92 Å². The highest BCUT2D eigenvalue weighted by Gasteiger charge is 2.37. The van der Waals surface area contributed by atoms with Crippen LogP contribution in [-0.2, 0) is 16.1 Å². The fourth-order valence-corrected chi connectivity index (χ4v) is 3.00. The van der Waals surface area contributed by atoms with Gasteiger partial charge in [-0.1, -0.05) is 37.3 Å². The number of rotatable bonds is 3. The van der Waals surface area contributed by atoms with Crippen LogP contribution in [0.4, 0.5) is 0 Å². The predicted molar refractivity (Wildman–Crippen MR) is 74.8 cm³/mol. The van der Waals surface area contributed by atoms with E-state index in [2.05, 4.69) is 44.2 Å². The molecule has 0 radical (unpaired) electrons. The van der Waals surface area contributed by atoms with E-state index in [0.717, 1.165) is 19.5 Å². The maximum Gasteiger partial charge on any atom is 0.302 e. The van der Waals surface area contributed by atoms with Crippen LogP contribution in [0.2, 0.25) is 0 Å². The highest BCUT2D eigenvalue weighted by atomic mass is 16.5. The minimum absolute atomic E-state index is 0.0898. The second-order valence-corrected chi connectivity index (χ2v) is 5.65. The monoisotopic (exact) mass is 262 g/mol. The maximum atomic E-state index is 11.1. The molecule has 3 heteroatoms. The maximum absolute atomic E-state index is 11.1. The molecule has 1 aliphatic rings. The first-order valence-electron chi connectivity index (χ1n) is 7.13. The van der Waals surface area contributed by atoms with Crippen LogP contribution >= 0.6 is 0 Å². The average Bonchev–Trinajstić information content (AvgIpc) is 2.39. The van der Waals surface area contributed by atoms with Crippen molar-refractivity contribution in [3.63, 3.8) is 0 Å². The largest absolute Gasteiger partial charge is 0.462 e. The fourth-order valence-electron chi connectivity index (χ4n) is 3.00. The number of carbonyl (C=O) groups is 1. The molecule has 1 N–H and O–H groups in total. The van der Waals surface area contributed by atoms with E-state index in [1.807, 2.05) is 0 Å². The van der Waals surface area contributed by atoms with E-state index in [1.165, 1.54) is 12.5 Å². The van der Waals surface area contributed by atoms with Crippen LogP contribution in [0.25, 0.3) is 0 Å². The molecule has 1 aromatic rings. The van der Waals surface area contributed by atoms with Crippen LogP contribution in [0, 0.1) is 5.92 Å². The zero-order valence-electron chi connectivity index (χ0n) is 12.1. The third-order valence-corrected chi connectivity index (χ3v) is 4.36. The van der Waals surface area contributed by atoms with Crippen LogP contribution in [0.3, 0.4) is 0 Å². The Bertz CT molecular complexity index is 418. The molecule has 0 amide bonds. The normalized spacial score (nSPS) is 30.9. The number of hydrogen-bond acceptors (Lipinski definition) is 2. The molecule has 1 unspecified atom stereocenters. The van der Waals surface area contributed by atoms with Gasteiger partial charge in [0.05, 0.1) is 12.6 Å². The smallest absolute Gasteiger partial charge is 0.302 e. The van der Waals surface area contributed by atoms with E-state index in [0.29, 0.717) is 12.0 Å². The van der Waals surface area contributed by atoms with Gasteiger partial charge < -0.3 is 9.64 Å². The van der Waals surface area contributed by atoms with E-state index < -0.39 is 0 Å². The molecule has 1 aromatic carbocycles. The molecule has 0 saturated carbocycles. The predicted octanol–water partition coefficient (Wildman–Crippen LogP) is 1.43. The van der Waals surface area contributed by atoms with Crippen molar-refractivity contribution >= 4 is 5.97 Å². The van der Waals surface area contributed by atoms with Crippen molar-refractivity contribution in [1.82, 2.24) is 0 Å². The Labute approximate surface area is 115 Å². The van der Waals surface area contributed by atoms with Gasteiger partial charge in [-0.15, -0.1) is 0 Å². The van der Waals surface area contributed by atoms with Crippen LogP contribution in [0.5, 0.6) is 0 Å². The summed E-state index contributed by atoms with van der Waals surface area (Å²) in [5.74, 6) is 0.256. The highest BCUT2D eigenvalue weighted by Crippen LogP contribution is 2.17. The third kappa shape index (κ3) is 3.57. The zero-order valence-corrected chi connectivity index (χ0v) is 12.1. The van der Waals surface area contributed by atoms with Gasteiger partial charge in [-0.05, 0) is 6.92 Å². The Morgan fingerprint density at radius 2 is 2.00 bits per heavy atom. The Kier molecular flexibility index (Phi) is 4.59. The second-order valence-electron chi connectivity index (χ2n) is 5.65. The van der Waals surface area contributed by atoms with Gasteiger partial charge in [-0.25, -0.2) is 0 Å². The van der Waals surface area contributed by atoms with Gasteiger partial charge in [0.1, 0.15) is 12.6 Å². The number of nitrogens with one attached hydrogen (secondary N) is 1. The first-order valence-corrected chi connectivity index (χ1v) is 7.13. The molecule has 104 valence electrons. The van der Waals surface area contributed by atoms with Gasteiger partial charge in [-0.3, -0.25) is 4.79 Å². The van der Waals surface area contributed by atoms with E-state index in [1.54, 1.807) is 4.90 Å². The van der Waals surface area contributed by atoms with Gasteiger partial charge in [0.2, 0.25) is 0 Å². The molecule has 0 aromatic heterocycles. The number of hydrogen-bond donors (Lipinski definition) is 1. The number of benzene rings is 1. The summed E-state index contributed by atoms with van der Waals surface area (Å²) >= 11 is 0. The lowest BCUT2D eigenvalue weighted by molar-refractivity contribution is -0.947. The summed E-state index contributed by atoms with van der Waals surface area (Å²) in [6, 6.07) is 11.1. The Morgan fingerprint density at radius 3 is 2.63 bits per heavy atom. The summed E-state index contributed by atoms with van der Waals surface area (Å²) in [7, 11) is 0. The topological polar surface area (TPSA) is 30.7 Å². The lowest BCUT2D eigenvalue weighted by Gasteiger charge is -2.39. The summed E-state index contributed by atoms with van der Waals surface area (Å²) < 4.78 is 5.42. The molecule has 0 spiro atoms. The lowest BCUT2D eigenvalue weighted by Crippen LogP contribution is -3.16. The standard InChI is InChI=1S/C16H23NO2/c1-12-13(2)17(10-9-16(12)19-14(3)18)11-15-7-5-4-6-8-15/h4-8,12-13,16H,9-11H2,1-3H3/p+1/t12-,13-,16-/m1/s1. The van der Waals surface area contributed by atoms with Gasteiger partial charge in [0.15, 0.2) is 0 Å². The third-order valence-electron chi connectivity index (χ3n) is 4.36. The quantitative estimate of drug-likeness (QED) is 0.836. The molecule has 1 fully saturated rings. The summed E-state index contributed by atoms with van der Waals surface area (Å²) in [6.45, 7) is 8.08. The number of quaternary nitrogens is 1. The number of ether oxygens (including phenoxy) is 1. The molecule has 0 aliphatic carbocycles. The van der Waals surface area contributed by atoms with E-state index >= 15 is 0 Å². The van der Waals surface area contributed by atoms with Gasteiger partial charge in [-0.2, -0.15) is 0 Å². The zero-order chi connectivity index (χ0) is 13.8. The van der Waals surface area contributed by atoms with Crippen molar-refractivity contribution in [1.29, 1.82) is 0 Å². The molecular formula is C16H24NO2+. The molecule has 2 rings (SSSR count). The van der Waals surface area contributed by atoms with Crippen molar-refractivity contribution in [2.45, 2.75) is 45.9 Å². The molecular weight excluding hydrogens is 238 g/mol. The molecule has 4 atom stereocenters. The summed E-state index contributed by atoms with van der Waals surface area (Å²) in [6.07, 6.45) is 1.06. The van der Waals surface area contributed by atoms with Gasteiger partial charge >= 0.3 is 5.97 Å². The Morgan fingerprint density at radius 1 is 1.32 bits per heavy atom. The average molecular weight is 262 g/mol. The van der Waals surface area contributed by atoms with E-state index in [9.17, 15) is 4.79 Å². The van der Waals surface area contributed by atoms with Crippen molar-refractivity contribution < 1.29 is 14.4 Å². The van der Waals surface area contributed by atoms with Crippen LogP contribution in [0.1, 0.15) is 32.8 Å². The SMILES string of the molecule is CC(=O)O[C@@H]1CC[NH+](Cc2ccccc2)[C@H](C)[C@H]1C. The van der Waals surface area contributed by atoms with Crippen molar-refractivity contribution in [3.8, 4) is 0 Å². The highest BCUT2D eigenvalue weighted by molar-refractivity contribution is 5.66. The van der Waals surface area contributed by atoms with Gasteiger partial charge in [0, 0.05) is 24.8 Å². The van der Waals surface area contributed by atoms with Crippen molar-refractivity contribution in [2.75, 3.05) is 6.54 Å². The number of piperidine rings is 1. The molecule has 1 aliphatic heterocycles. The van der Waals surface area contributed by atoms with Gasteiger partial charge in [0.25, 0.3) is 0 Å². The van der Waals surface area contributed by atoms with Crippen LogP contribution in [0.15, 0.2) is 30.3 Å². The first kappa shape index (κ1) is 14.1. The lowest BCUT2D eigenvalue weighted by atomic mass is 9.88. The Balaban J connectivity index is 1.97. The molecule has 19 heavy (non-hydrogen) atoms. The number of likely N-dealkylation sites (tertiary alicyclic amines) is 1. The number of esters is 1. The summed E-state index contributed by atoms with van der Waals surface area (Å²) in [4.78, 5) is 12.7. The summed E-state index contributed by atoms with van der Waals surface area (Å²) in [5.41, 5.74) is 1.38. The molecule has 3 nitrogen and oxygen atoms in total. The van der Waals surface area contributed by atoms with Crippen molar-refractivity contribution in [3.05, 3.63) is 35.9 Å². The van der Waals surface area contributed by atoms with Crippen LogP contribution in [-0.4, -0.2) is 24.7 Å². The number of carbonyl (C=O) groups excluding carboxylic acids is 1. The summed E-state index contributed by atoms with van der Waals surface area (Å²) in [5, 5.41) is 0. The Hall–Kier alpha value is -1.35. The van der Waals surface area contributed by atoms with Crippen LogP contribution < -0.4 is 4.90 Å². The molecule has 1 saturated heterocycles. The van der Waals surface area contributed by atoms with E-state index in [-0.39, 0.29) is 12.1 Å².